The number of rotatable bonds is 3. The quantitative estimate of drug-likeness (QED) is 0.846. The van der Waals surface area contributed by atoms with Gasteiger partial charge in [0.25, 0.3) is 0 Å². The maximum absolute atomic E-state index is 6.00. The molecule has 2 N–H and O–H groups in total. The van der Waals surface area contributed by atoms with Gasteiger partial charge in [-0.3, -0.25) is 4.68 Å². The van der Waals surface area contributed by atoms with E-state index in [9.17, 15) is 0 Å². The number of nitrogens with two attached hydrogens (primary N) is 1. The first kappa shape index (κ1) is 10.3. The van der Waals surface area contributed by atoms with E-state index >= 15 is 0 Å². The van der Waals surface area contributed by atoms with Crippen LogP contribution in [0.15, 0.2) is 6.07 Å². The average Bonchev–Trinajstić information content (AvgIpc) is 2.83. The fourth-order valence-electron chi connectivity index (χ4n) is 2.35. The van der Waals surface area contributed by atoms with Crippen LogP contribution < -0.4 is 5.73 Å². The lowest BCUT2D eigenvalue weighted by molar-refractivity contribution is 0.193. The Morgan fingerprint density at radius 3 is 2.88 bits per heavy atom. The Morgan fingerprint density at radius 1 is 1.50 bits per heavy atom. The molecule has 1 aliphatic carbocycles. The van der Waals surface area contributed by atoms with Crippen molar-refractivity contribution in [1.82, 2.24) is 9.78 Å². The zero-order valence-corrected chi connectivity index (χ0v) is 9.72. The number of ether oxygens (including phenoxy) is 1. The van der Waals surface area contributed by atoms with E-state index in [1.54, 1.807) is 0 Å². The molecule has 2 heterocycles. The molecule has 1 saturated heterocycles. The minimum atomic E-state index is 0.0733. The highest BCUT2D eigenvalue weighted by Crippen LogP contribution is 2.38. The third kappa shape index (κ3) is 1.76. The minimum absolute atomic E-state index is 0.0733. The van der Waals surface area contributed by atoms with Gasteiger partial charge in [-0.2, -0.15) is 5.10 Å². The predicted octanol–water partition coefficient (Wildman–Crippen LogP) is 1.74. The molecule has 1 aliphatic heterocycles. The van der Waals surface area contributed by atoms with Gasteiger partial charge in [0, 0.05) is 18.6 Å². The first-order chi connectivity index (χ1) is 7.75. The van der Waals surface area contributed by atoms with Crippen LogP contribution >= 0.6 is 0 Å². The third-order valence-corrected chi connectivity index (χ3v) is 3.49. The van der Waals surface area contributed by atoms with Crippen molar-refractivity contribution >= 4 is 0 Å². The summed E-state index contributed by atoms with van der Waals surface area (Å²) in [5.41, 5.74) is 8.36. The van der Waals surface area contributed by atoms with E-state index in [0.29, 0.717) is 12.0 Å². The summed E-state index contributed by atoms with van der Waals surface area (Å²) in [6.45, 7) is 3.72. The molecule has 2 fully saturated rings. The second kappa shape index (κ2) is 3.86. The van der Waals surface area contributed by atoms with Crippen LogP contribution in [0.4, 0.5) is 0 Å². The summed E-state index contributed by atoms with van der Waals surface area (Å²) in [7, 11) is 0. The van der Waals surface area contributed by atoms with Gasteiger partial charge in [0.05, 0.1) is 24.0 Å². The van der Waals surface area contributed by atoms with Crippen LogP contribution in [0, 0.1) is 0 Å². The molecule has 1 aromatic heterocycles. The summed E-state index contributed by atoms with van der Waals surface area (Å²) in [6, 6.07) is 2.86. The lowest BCUT2D eigenvalue weighted by Gasteiger charge is -2.07. The van der Waals surface area contributed by atoms with Crippen molar-refractivity contribution in [2.75, 3.05) is 13.2 Å². The van der Waals surface area contributed by atoms with Crippen molar-refractivity contribution < 1.29 is 4.74 Å². The number of hydrogen-bond acceptors (Lipinski definition) is 3. The van der Waals surface area contributed by atoms with Gasteiger partial charge < -0.3 is 10.5 Å². The van der Waals surface area contributed by atoms with E-state index < -0.39 is 0 Å². The Bertz CT molecular complexity index is 356. The first-order valence-corrected chi connectivity index (χ1v) is 6.18. The maximum Gasteiger partial charge on any atom is 0.0683 e. The van der Waals surface area contributed by atoms with Crippen molar-refractivity contribution in [3.8, 4) is 0 Å². The molecule has 2 aliphatic rings. The van der Waals surface area contributed by atoms with E-state index in [-0.39, 0.29) is 6.04 Å². The first-order valence-electron chi connectivity index (χ1n) is 6.18. The Kier molecular flexibility index (Phi) is 2.48. The largest absolute Gasteiger partial charge is 0.381 e. The molecule has 1 saturated carbocycles. The highest BCUT2D eigenvalue weighted by Gasteiger charge is 2.30. The molecule has 3 rings (SSSR count). The second-order valence-electron chi connectivity index (χ2n) is 5.02. The topological polar surface area (TPSA) is 53.1 Å². The predicted molar refractivity (Wildman–Crippen MR) is 61.3 cm³/mol. The lowest BCUT2D eigenvalue weighted by Crippen LogP contribution is -2.12. The fourth-order valence-corrected chi connectivity index (χ4v) is 2.35. The summed E-state index contributed by atoms with van der Waals surface area (Å²) in [6.07, 6.45) is 3.60. The monoisotopic (exact) mass is 221 g/mol. The second-order valence-corrected chi connectivity index (χ2v) is 5.02. The molecular weight excluding hydrogens is 202 g/mol. The van der Waals surface area contributed by atoms with Crippen LogP contribution in [0.25, 0.3) is 0 Å². The normalized spacial score (nSPS) is 27.2. The van der Waals surface area contributed by atoms with E-state index in [1.807, 2.05) is 6.92 Å². The van der Waals surface area contributed by atoms with Crippen LogP contribution in [0.1, 0.15) is 55.6 Å². The zero-order chi connectivity index (χ0) is 11.1. The number of nitrogens with zero attached hydrogens (tertiary/aromatic N) is 2. The van der Waals surface area contributed by atoms with Gasteiger partial charge in [0.1, 0.15) is 0 Å². The molecule has 88 valence electrons. The highest BCUT2D eigenvalue weighted by molar-refractivity contribution is 5.19. The van der Waals surface area contributed by atoms with E-state index in [1.165, 1.54) is 24.2 Å². The molecule has 1 unspecified atom stereocenters. The van der Waals surface area contributed by atoms with Crippen molar-refractivity contribution in [2.24, 2.45) is 5.73 Å². The van der Waals surface area contributed by atoms with Crippen molar-refractivity contribution in [3.05, 3.63) is 17.5 Å². The Morgan fingerprint density at radius 2 is 2.31 bits per heavy atom. The van der Waals surface area contributed by atoms with Crippen molar-refractivity contribution in [3.63, 3.8) is 0 Å². The Hall–Kier alpha value is -0.870. The molecule has 0 spiro atoms. The Balaban J connectivity index is 1.91. The molecule has 16 heavy (non-hydrogen) atoms. The van der Waals surface area contributed by atoms with Crippen LogP contribution in [-0.2, 0) is 4.74 Å². The molecule has 4 nitrogen and oxygen atoms in total. The molecule has 0 amide bonds. The molecule has 1 aromatic rings. The van der Waals surface area contributed by atoms with Gasteiger partial charge in [-0.25, -0.2) is 0 Å². The van der Waals surface area contributed by atoms with E-state index in [2.05, 4.69) is 10.7 Å². The van der Waals surface area contributed by atoms with E-state index in [4.69, 9.17) is 15.6 Å². The van der Waals surface area contributed by atoms with E-state index in [0.717, 1.165) is 19.6 Å². The summed E-state index contributed by atoms with van der Waals surface area (Å²) in [4.78, 5) is 0. The molecule has 0 radical (unpaired) electrons. The smallest absolute Gasteiger partial charge is 0.0683 e. The standard InChI is InChI=1S/C12H19N3O/c1-8(13)12-6-11(9-4-5-16-7-9)14-15(12)10-2-3-10/h6,8-10H,2-5,7,13H2,1H3/t8-,9?/m1/s1. The summed E-state index contributed by atoms with van der Waals surface area (Å²) >= 11 is 0. The van der Waals surface area contributed by atoms with Gasteiger partial charge >= 0.3 is 0 Å². The van der Waals surface area contributed by atoms with Gasteiger partial charge in [0.15, 0.2) is 0 Å². The lowest BCUT2D eigenvalue weighted by atomic mass is 10.0. The number of hydrogen-bond donors (Lipinski definition) is 1. The van der Waals surface area contributed by atoms with Crippen molar-refractivity contribution in [1.29, 1.82) is 0 Å². The van der Waals surface area contributed by atoms with Gasteiger partial charge in [-0.15, -0.1) is 0 Å². The van der Waals surface area contributed by atoms with Crippen LogP contribution in [0.5, 0.6) is 0 Å². The average molecular weight is 221 g/mol. The minimum Gasteiger partial charge on any atom is -0.381 e. The van der Waals surface area contributed by atoms with Crippen LogP contribution in [0.3, 0.4) is 0 Å². The van der Waals surface area contributed by atoms with Gasteiger partial charge in [0.2, 0.25) is 0 Å². The molecule has 0 aromatic carbocycles. The van der Waals surface area contributed by atoms with Crippen molar-refractivity contribution in [2.45, 2.75) is 44.2 Å². The molecular formula is C12H19N3O. The van der Waals surface area contributed by atoms with Gasteiger partial charge in [-0.1, -0.05) is 0 Å². The highest BCUT2D eigenvalue weighted by atomic mass is 16.5. The summed E-state index contributed by atoms with van der Waals surface area (Å²) in [5, 5.41) is 4.73. The molecule has 0 bridgehead atoms. The fraction of sp³-hybridized carbons (Fsp3) is 0.750. The SMILES string of the molecule is C[C@@H](N)c1cc(C2CCOC2)nn1C1CC1. The summed E-state index contributed by atoms with van der Waals surface area (Å²) < 4.78 is 7.57. The molecule has 2 atom stereocenters. The summed E-state index contributed by atoms with van der Waals surface area (Å²) in [5.74, 6) is 0.484. The Labute approximate surface area is 95.8 Å². The zero-order valence-electron chi connectivity index (χ0n) is 9.72. The van der Waals surface area contributed by atoms with Gasteiger partial charge in [-0.05, 0) is 32.3 Å². The third-order valence-electron chi connectivity index (χ3n) is 3.49. The van der Waals surface area contributed by atoms with Crippen LogP contribution in [0.2, 0.25) is 0 Å². The van der Waals surface area contributed by atoms with Crippen LogP contribution in [-0.4, -0.2) is 23.0 Å². The maximum atomic E-state index is 6.00. The number of aromatic nitrogens is 2. The molecule has 4 heteroatoms.